The van der Waals surface area contributed by atoms with Gasteiger partial charge in [0.15, 0.2) is 0 Å². The molecule has 1 rings (SSSR count). The van der Waals surface area contributed by atoms with E-state index in [1.165, 1.54) is 0 Å². The molecule has 0 aromatic carbocycles. The molecule has 0 spiro atoms. The van der Waals surface area contributed by atoms with E-state index in [0.29, 0.717) is 0 Å². The van der Waals surface area contributed by atoms with Gasteiger partial charge in [0.25, 0.3) is 0 Å². The lowest BCUT2D eigenvalue weighted by atomic mass is 9.95. The summed E-state index contributed by atoms with van der Waals surface area (Å²) < 4.78 is 0. The first-order chi connectivity index (χ1) is 6.24. The molecule has 2 N–H and O–H groups in total. The van der Waals surface area contributed by atoms with Crippen LogP contribution < -0.4 is 5.32 Å². The molecule has 1 saturated heterocycles. The minimum absolute atomic E-state index is 0.0410. The molecule has 1 fully saturated rings. The monoisotopic (exact) mass is 186 g/mol. The van der Waals surface area contributed by atoms with Gasteiger partial charge in [0.05, 0.1) is 6.61 Å². The summed E-state index contributed by atoms with van der Waals surface area (Å²) >= 11 is 0. The predicted molar refractivity (Wildman–Crippen MR) is 51.5 cm³/mol. The van der Waals surface area contributed by atoms with Gasteiger partial charge in [0, 0.05) is 18.0 Å². The maximum atomic E-state index is 10.6. The number of hydrogen-bond donors (Lipinski definition) is 2. The highest BCUT2D eigenvalue weighted by Gasteiger charge is 2.40. The number of hydrogen-bond acceptors (Lipinski definition) is 4. The van der Waals surface area contributed by atoms with Crippen molar-refractivity contribution in [1.29, 1.82) is 0 Å². The average molecular weight is 186 g/mol. The van der Waals surface area contributed by atoms with Crippen LogP contribution in [0.25, 0.3) is 0 Å². The maximum Gasteiger partial charge on any atom is 0.111 e. The van der Waals surface area contributed by atoms with Crippen LogP contribution >= 0.6 is 0 Å². The number of nitroso groups, excluding NO2 is 1. The van der Waals surface area contributed by atoms with Gasteiger partial charge in [-0.05, 0) is 6.42 Å². The van der Waals surface area contributed by atoms with E-state index in [9.17, 15) is 4.91 Å². The Bertz CT molecular complexity index is 175. The number of nitrogens with one attached hydrogen (secondary N) is 1. The summed E-state index contributed by atoms with van der Waals surface area (Å²) in [6, 6.07) is 0.0333. The highest BCUT2D eigenvalue weighted by molar-refractivity contribution is 4.99. The number of rotatable bonds is 4. The summed E-state index contributed by atoms with van der Waals surface area (Å²) in [6.45, 7) is 4.14. The molecule has 13 heavy (non-hydrogen) atoms. The molecule has 0 unspecified atom stereocenters. The number of aliphatic hydroxyl groups is 1. The van der Waals surface area contributed by atoms with E-state index >= 15 is 0 Å². The fraction of sp³-hybridized carbons (Fsp3) is 1.00. The summed E-state index contributed by atoms with van der Waals surface area (Å²) in [5.41, 5.74) is 0. The molecule has 0 aromatic rings. The zero-order chi connectivity index (χ0) is 9.84. The zero-order valence-corrected chi connectivity index (χ0v) is 8.23. The Labute approximate surface area is 78.7 Å². The van der Waals surface area contributed by atoms with Crippen LogP contribution in [0.2, 0.25) is 0 Å². The molecule has 0 radical (unpaired) electrons. The van der Waals surface area contributed by atoms with Gasteiger partial charge >= 0.3 is 0 Å². The molecular formula is C9H18N2O2. The van der Waals surface area contributed by atoms with E-state index in [0.717, 1.165) is 12.8 Å². The van der Waals surface area contributed by atoms with Crippen molar-refractivity contribution < 1.29 is 5.11 Å². The second kappa shape index (κ2) is 4.67. The first-order valence-electron chi connectivity index (χ1n) is 4.94. The lowest BCUT2D eigenvalue weighted by molar-refractivity contribution is 0.228. The fourth-order valence-corrected chi connectivity index (χ4v) is 2.08. The van der Waals surface area contributed by atoms with Gasteiger partial charge in [-0.25, -0.2) is 0 Å². The minimum Gasteiger partial charge on any atom is -0.395 e. The van der Waals surface area contributed by atoms with Crippen LogP contribution in [0.3, 0.4) is 0 Å². The highest BCUT2D eigenvalue weighted by atomic mass is 16.3. The van der Waals surface area contributed by atoms with Crippen molar-refractivity contribution in [1.82, 2.24) is 5.32 Å². The maximum absolute atomic E-state index is 10.6. The Morgan fingerprint density at radius 1 is 1.46 bits per heavy atom. The van der Waals surface area contributed by atoms with Gasteiger partial charge in [-0.3, -0.25) is 0 Å². The average Bonchev–Trinajstić information content (AvgIpc) is 2.43. The summed E-state index contributed by atoms with van der Waals surface area (Å²) in [5.74, 6) is 0.152. The zero-order valence-electron chi connectivity index (χ0n) is 8.23. The van der Waals surface area contributed by atoms with Gasteiger partial charge in [0.1, 0.15) is 6.04 Å². The van der Waals surface area contributed by atoms with Crippen LogP contribution in [0.1, 0.15) is 26.7 Å². The van der Waals surface area contributed by atoms with E-state index < -0.39 is 0 Å². The van der Waals surface area contributed by atoms with Crippen molar-refractivity contribution in [3.63, 3.8) is 0 Å². The van der Waals surface area contributed by atoms with Crippen molar-refractivity contribution in [3.8, 4) is 0 Å². The molecule has 4 heteroatoms. The lowest BCUT2D eigenvalue weighted by Crippen LogP contribution is -2.34. The Hall–Kier alpha value is -0.480. The lowest BCUT2D eigenvalue weighted by Gasteiger charge is -2.13. The predicted octanol–water partition coefficient (Wildman–Crippen LogP) is 0.890. The first-order valence-corrected chi connectivity index (χ1v) is 4.94. The largest absolute Gasteiger partial charge is 0.395 e. The second-order valence-electron chi connectivity index (χ2n) is 3.81. The fourth-order valence-electron chi connectivity index (χ4n) is 2.08. The van der Waals surface area contributed by atoms with Crippen LogP contribution in [0, 0.1) is 10.8 Å². The molecule has 4 nitrogen and oxygen atoms in total. The summed E-state index contributed by atoms with van der Waals surface area (Å²) in [5, 5.41) is 15.4. The van der Waals surface area contributed by atoms with Gasteiger partial charge in [-0.15, -0.1) is 0 Å². The normalized spacial score (nSPS) is 39.3. The van der Waals surface area contributed by atoms with E-state index in [2.05, 4.69) is 17.4 Å². The number of aliphatic hydroxyl groups excluding tert-OH is 1. The molecule has 4 atom stereocenters. The van der Waals surface area contributed by atoms with E-state index in [-0.39, 0.29) is 30.7 Å². The van der Waals surface area contributed by atoms with E-state index in [4.69, 9.17) is 5.11 Å². The van der Waals surface area contributed by atoms with Gasteiger partial charge in [-0.2, -0.15) is 4.91 Å². The Balaban J connectivity index is 2.60. The van der Waals surface area contributed by atoms with Gasteiger partial charge < -0.3 is 10.4 Å². The van der Waals surface area contributed by atoms with Crippen molar-refractivity contribution in [2.75, 3.05) is 6.61 Å². The van der Waals surface area contributed by atoms with Crippen LogP contribution in [0.4, 0.5) is 0 Å². The van der Waals surface area contributed by atoms with Crippen LogP contribution in [0.5, 0.6) is 0 Å². The van der Waals surface area contributed by atoms with Crippen LogP contribution in [0.15, 0.2) is 5.18 Å². The van der Waals surface area contributed by atoms with Crippen molar-refractivity contribution in [2.24, 2.45) is 11.1 Å². The molecule has 0 saturated carbocycles. The standard InChI is InChI=1S/C9H18N2O2/c1-3-4-7-9(11-13)6(2)8(5-12)10-7/h6-10,12H,3-5H2,1-2H3/t6-,7-,8-,9+/m0/s1. The van der Waals surface area contributed by atoms with Gasteiger partial charge in [-0.1, -0.05) is 25.4 Å². The highest BCUT2D eigenvalue weighted by Crippen LogP contribution is 2.25. The molecule has 1 aliphatic heterocycles. The molecule has 1 aliphatic rings. The molecule has 0 bridgehead atoms. The third-order valence-electron chi connectivity index (χ3n) is 2.93. The third kappa shape index (κ3) is 2.06. The Morgan fingerprint density at radius 3 is 2.62 bits per heavy atom. The second-order valence-corrected chi connectivity index (χ2v) is 3.81. The molecule has 76 valence electrons. The minimum atomic E-state index is -0.169. The van der Waals surface area contributed by atoms with E-state index in [1.807, 2.05) is 6.92 Å². The first kappa shape index (κ1) is 10.6. The van der Waals surface area contributed by atoms with Crippen molar-refractivity contribution in [3.05, 3.63) is 4.91 Å². The number of nitrogens with zero attached hydrogens (tertiary/aromatic N) is 1. The topological polar surface area (TPSA) is 61.7 Å². The van der Waals surface area contributed by atoms with Crippen LogP contribution in [-0.4, -0.2) is 29.8 Å². The molecule has 0 aliphatic carbocycles. The summed E-state index contributed by atoms with van der Waals surface area (Å²) in [4.78, 5) is 10.6. The molecule has 1 heterocycles. The van der Waals surface area contributed by atoms with Crippen LogP contribution in [-0.2, 0) is 0 Å². The SMILES string of the molecule is CCC[C@@H]1N[C@@H](CO)[C@H](C)[C@H]1N=O. The smallest absolute Gasteiger partial charge is 0.111 e. The quantitative estimate of drug-likeness (QED) is 0.641. The molecule has 0 amide bonds. The van der Waals surface area contributed by atoms with Crippen molar-refractivity contribution in [2.45, 2.75) is 44.8 Å². The molecular weight excluding hydrogens is 168 g/mol. The molecule has 0 aromatic heterocycles. The summed E-state index contributed by atoms with van der Waals surface area (Å²) in [6.07, 6.45) is 1.99. The Morgan fingerprint density at radius 2 is 2.15 bits per heavy atom. The Kier molecular flexibility index (Phi) is 3.81. The van der Waals surface area contributed by atoms with Crippen molar-refractivity contribution >= 4 is 0 Å². The summed E-state index contributed by atoms with van der Waals surface area (Å²) in [7, 11) is 0. The van der Waals surface area contributed by atoms with E-state index in [1.54, 1.807) is 0 Å². The third-order valence-corrected chi connectivity index (χ3v) is 2.93. The van der Waals surface area contributed by atoms with Gasteiger partial charge in [0.2, 0.25) is 0 Å².